The van der Waals surface area contributed by atoms with Crippen LogP contribution in [-0.4, -0.2) is 44.4 Å². The van der Waals surface area contributed by atoms with Crippen LogP contribution in [0.25, 0.3) is 0 Å². The molecule has 1 atom stereocenters. The monoisotopic (exact) mass is 492 g/mol. The number of esters is 1. The maximum Gasteiger partial charge on any atom is 0.338 e. The van der Waals surface area contributed by atoms with Crippen molar-refractivity contribution >= 4 is 27.6 Å². The van der Waals surface area contributed by atoms with Crippen molar-refractivity contribution in [1.29, 1.82) is 0 Å². The van der Waals surface area contributed by atoms with E-state index in [1.54, 1.807) is 36.1 Å². The van der Waals surface area contributed by atoms with Crippen LogP contribution in [0.1, 0.15) is 35.3 Å². The van der Waals surface area contributed by atoms with Gasteiger partial charge in [-0.05, 0) is 61.7 Å². The SMILES string of the molecule is CCN(c1ccccc1)S(=O)(=O)c1cccc(C(=O)OC(C)C(=O)N2CCc3ccccc3C2)c1. The van der Waals surface area contributed by atoms with E-state index in [0.29, 0.717) is 18.8 Å². The quantitative estimate of drug-likeness (QED) is 0.465. The molecule has 0 bridgehead atoms. The number of benzene rings is 3. The fourth-order valence-electron chi connectivity index (χ4n) is 4.22. The lowest BCUT2D eigenvalue weighted by Crippen LogP contribution is -2.42. The molecule has 1 amide bonds. The zero-order valence-corrected chi connectivity index (χ0v) is 20.6. The normalized spacial score (nSPS) is 14.1. The Kier molecular flexibility index (Phi) is 7.21. The molecule has 0 aliphatic carbocycles. The summed E-state index contributed by atoms with van der Waals surface area (Å²) in [5.41, 5.74) is 2.91. The standard InChI is InChI=1S/C27H28N2O5S/c1-3-29(24-13-5-4-6-14-24)35(32,33)25-15-9-12-22(18-25)27(31)34-20(2)26(30)28-17-16-21-10-7-8-11-23(21)19-28/h4-15,18,20H,3,16-17,19H2,1-2H3. The lowest BCUT2D eigenvalue weighted by Gasteiger charge is -2.30. The van der Waals surface area contributed by atoms with Crippen LogP contribution < -0.4 is 4.31 Å². The lowest BCUT2D eigenvalue weighted by molar-refractivity contribution is -0.140. The Labute approximate surface area is 206 Å². The molecule has 8 heteroatoms. The third-order valence-corrected chi connectivity index (χ3v) is 7.96. The number of ether oxygens (including phenoxy) is 1. The second kappa shape index (κ2) is 10.3. The first kappa shape index (κ1) is 24.5. The van der Waals surface area contributed by atoms with E-state index in [1.807, 2.05) is 24.3 Å². The van der Waals surface area contributed by atoms with Crippen molar-refractivity contribution in [3.05, 3.63) is 95.6 Å². The van der Waals surface area contributed by atoms with Crippen LogP contribution in [0.4, 0.5) is 5.69 Å². The molecule has 0 N–H and O–H groups in total. The Hall–Kier alpha value is -3.65. The first-order valence-corrected chi connectivity index (χ1v) is 13.0. The topological polar surface area (TPSA) is 84.0 Å². The zero-order valence-electron chi connectivity index (χ0n) is 19.8. The van der Waals surface area contributed by atoms with Crippen molar-refractivity contribution in [3.8, 4) is 0 Å². The largest absolute Gasteiger partial charge is 0.449 e. The average molecular weight is 493 g/mol. The highest BCUT2D eigenvalue weighted by molar-refractivity contribution is 7.92. The predicted octanol–water partition coefficient (Wildman–Crippen LogP) is 4.03. The van der Waals surface area contributed by atoms with Gasteiger partial charge < -0.3 is 9.64 Å². The van der Waals surface area contributed by atoms with Crippen molar-refractivity contribution in [2.75, 3.05) is 17.4 Å². The first-order valence-electron chi connectivity index (χ1n) is 11.6. The summed E-state index contributed by atoms with van der Waals surface area (Å²) in [5, 5.41) is 0. The number of rotatable bonds is 7. The number of para-hydroxylation sites is 1. The van der Waals surface area contributed by atoms with Gasteiger partial charge in [-0.3, -0.25) is 9.10 Å². The van der Waals surface area contributed by atoms with E-state index in [2.05, 4.69) is 6.07 Å². The molecule has 1 aliphatic heterocycles. The van der Waals surface area contributed by atoms with Crippen molar-refractivity contribution in [2.24, 2.45) is 0 Å². The Morgan fingerprint density at radius 2 is 1.66 bits per heavy atom. The summed E-state index contributed by atoms with van der Waals surface area (Å²) in [5.74, 6) is -1.03. The van der Waals surface area contributed by atoms with E-state index in [-0.39, 0.29) is 22.9 Å². The van der Waals surface area contributed by atoms with Gasteiger partial charge >= 0.3 is 5.97 Å². The van der Waals surface area contributed by atoms with Gasteiger partial charge in [-0.1, -0.05) is 48.5 Å². The summed E-state index contributed by atoms with van der Waals surface area (Å²) in [7, 11) is -3.90. The van der Waals surface area contributed by atoms with E-state index in [0.717, 1.165) is 12.0 Å². The highest BCUT2D eigenvalue weighted by Gasteiger charge is 2.28. The Morgan fingerprint density at radius 3 is 2.37 bits per heavy atom. The van der Waals surface area contributed by atoms with Gasteiger partial charge in [0.15, 0.2) is 6.10 Å². The molecule has 0 saturated carbocycles. The molecule has 0 aromatic heterocycles. The van der Waals surface area contributed by atoms with Gasteiger partial charge in [0.05, 0.1) is 16.1 Å². The van der Waals surface area contributed by atoms with Gasteiger partial charge in [0.25, 0.3) is 15.9 Å². The molecule has 3 aromatic carbocycles. The molecule has 1 aliphatic rings. The van der Waals surface area contributed by atoms with Crippen LogP contribution in [0.2, 0.25) is 0 Å². The molecule has 0 radical (unpaired) electrons. The fraction of sp³-hybridized carbons (Fsp3) is 0.259. The Bertz CT molecular complexity index is 1320. The molecule has 1 heterocycles. The minimum Gasteiger partial charge on any atom is -0.449 e. The molecule has 182 valence electrons. The van der Waals surface area contributed by atoms with Crippen molar-refractivity contribution in [3.63, 3.8) is 0 Å². The summed E-state index contributed by atoms with van der Waals surface area (Å²) >= 11 is 0. The zero-order chi connectivity index (χ0) is 25.0. The molecule has 1 unspecified atom stereocenters. The number of nitrogens with zero attached hydrogens (tertiary/aromatic N) is 2. The number of anilines is 1. The molecular weight excluding hydrogens is 464 g/mol. The van der Waals surface area contributed by atoms with Gasteiger partial charge in [0, 0.05) is 19.6 Å². The van der Waals surface area contributed by atoms with Crippen LogP contribution in [0.3, 0.4) is 0 Å². The molecule has 0 spiro atoms. The smallest absolute Gasteiger partial charge is 0.338 e. The number of fused-ring (bicyclic) bond motifs is 1. The highest BCUT2D eigenvalue weighted by atomic mass is 32.2. The van der Waals surface area contributed by atoms with Crippen molar-refractivity contribution < 1.29 is 22.7 Å². The third-order valence-electron chi connectivity index (χ3n) is 6.06. The maximum atomic E-state index is 13.3. The predicted molar refractivity (Wildman–Crippen MR) is 134 cm³/mol. The highest BCUT2D eigenvalue weighted by Crippen LogP contribution is 2.24. The molecule has 4 rings (SSSR count). The summed E-state index contributed by atoms with van der Waals surface area (Å²) in [4.78, 5) is 27.4. The molecule has 0 fully saturated rings. The number of hydrogen-bond acceptors (Lipinski definition) is 5. The summed E-state index contributed by atoms with van der Waals surface area (Å²) in [6, 6.07) is 22.4. The average Bonchev–Trinajstić information content (AvgIpc) is 2.89. The van der Waals surface area contributed by atoms with Crippen LogP contribution in [0.5, 0.6) is 0 Å². The van der Waals surface area contributed by atoms with Crippen LogP contribution in [0, 0.1) is 0 Å². The number of hydrogen-bond donors (Lipinski definition) is 0. The first-order chi connectivity index (χ1) is 16.8. The second-order valence-electron chi connectivity index (χ2n) is 8.36. The molecule has 7 nitrogen and oxygen atoms in total. The van der Waals surface area contributed by atoms with Gasteiger partial charge in [-0.2, -0.15) is 0 Å². The number of carbonyl (C=O) groups excluding carboxylic acids is 2. The van der Waals surface area contributed by atoms with Gasteiger partial charge in [-0.15, -0.1) is 0 Å². The van der Waals surface area contributed by atoms with Gasteiger partial charge in [0.1, 0.15) is 0 Å². The number of carbonyl (C=O) groups is 2. The van der Waals surface area contributed by atoms with Gasteiger partial charge in [0.2, 0.25) is 0 Å². The van der Waals surface area contributed by atoms with Crippen molar-refractivity contribution in [2.45, 2.75) is 37.8 Å². The fourth-order valence-corrected chi connectivity index (χ4v) is 5.74. The van der Waals surface area contributed by atoms with Crippen LogP contribution in [0.15, 0.2) is 83.8 Å². The summed E-state index contributed by atoms with van der Waals surface area (Å²) < 4.78 is 33.3. The second-order valence-corrected chi connectivity index (χ2v) is 10.2. The Balaban J connectivity index is 1.47. The lowest BCUT2D eigenvalue weighted by atomic mass is 9.99. The minimum absolute atomic E-state index is 0.0238. The summed E-state index contributed by atoms with van der Waals surface area (Å²) in [6.07, 6.45) is -0.248. The molecule has 0 saturated heterocycles. The van der Waals surface area contributed by atoms with Crippen LogP contribution in [-0.2, 0) is 32.5 Å². The number of amides is 1. The van der Waals surface area contributed by atoms with Crippen molar-refractivity contribution in [1.82, 2.24) is 4.90 Å². The minimum atomic E-state index is -3.90. The maximum absolute atomic E-state index is 13.3. The van der Waals surface area contributed by atoms with E-state index >= 15 is 0 Å². The van der Waals surface area contributed by atoms with Crippen LogP contribution >= 0.6 is 0 Å². The molecule has 3 aromatic rings. The number of sulfonamides is 1. The Morgan fingerprint density at radius 1 is 0.971 bits per heavy atom. The van der Waals surface area contributed by atoms with E-state index in [4.69, 9.17) is 4.74 Å². The molecular formula is C27H28N2O5S. The summed E-state index contributed by atoms with van der Waals surface area (Å²) in [6.45, 7) is 4.53. The molecule has 35 heavy (non-hydrogen) atoms. The van der Waals surface area contributed by atoms with Gasteiger partial charge in [-0.25, -0.2) is 13.2 Å². The third kappa shape index (κ3) is 5.22. The van der Waals surface area contributed by atoms with E-state index in [1.165, 1.54) is 41.1 Å². The van der Waals surface area contributed by atoms with E-state index in [9.17, 15) is 18.0 Å². The van der Waals surface area contributed by atoms with E-state index < -0.39 is 22.1 Å².